The molecular formula is C11H12O2. The van der Waals surface area contributed by atoms with Crippen LogP contribution in [0.5, 0.6) is 5.75 Å². The van der Waals surface area contributed by atoms with Gasteiger partial charge in [0, 0.05) is 5.56 Å². The number of hydrogen-bond acceptors (Lipinski definition) is 2. The second-order valence-corrected chi connectivity index (χ2v) is 2.57. The van der Waals surface area contributed by atoms with Crippen LogP contribution >= 0.6 is 0 Å². The summed E-state index contributed by atoms with van der Waals surface area (Å²) in [6, 6.07) is 7.06. The van der Waals surface area contributed by atoms with Crippen LogP contribution in [0.3, 0.4) is 0 Å². The quantitative estimate of drug-likeness (QED) is 0.564. The van der Waals surface area contributed by atoms with E-state index in [4.69, 9.17) is 9.84 Å². The lowest BCUT2D eigenvalue weighted by atomic mass is 10.2. The summed E-state index contributed by atoms with van der Waals surface area (Å²) in [5.74, 6) is 0.820. The highest BCUT2D eigenvalue weighted by Gasteiger charge is 1.95. The standard InChI is InChI=1S/C11H12O2/c1-3-8-13-11-6-4-10(5-7-11)9(2)12/h3-7,12H,1-2,8H2. The Morgan fingerprint density at radius 3 is 2.46 bits per heavy atom. The third-order valence-corrected chi connectivity index (χ3v) is 1.56. The summed E-state index contributed by atoms with van der Waals surface area (Å²) >= 11 is 0. The van der Waals surface area contributed by atoms with E-state index in [1.165, 1.54) is 0 Å². The largest absolute Gasteiger partial charge is 0.508 e. The van der Waals surface area contributed by atoms with Crippen LogP contribution in [0.15, 0.2) is 43.5 Å². The van der Waals surface area contributed by atoms with Crippen LogP contribution in [-0.2, 0) is 0 Å². The highest BCUT2D eigenvalue weighted by atomic mass is 16.5. The zero-order chi connectivity index (χ0) is 9.68. The van der Waals surface area contributed by atoms with E-state index >= 15 is 0 Å². The second-order valence-electron chi connectivity index (χ2n) is 2.57. The van der Waals surface area contributed by atoms with Crippen LogP contribution in [0.2, 0.25) is 0 Å². The summed E-state index contributed by atoms with van der Waals surface area (Å²) in [7, 11) is 0. The molecule has 0 amide bonds. The minimum atomic E-state index is 0.0651. The van der Waals surface area contributed by atoms with Gasteiger partial charge >= 0.3 is 0 Å². The van der Waals surface area contributed by atoms with Crippen LogP contribution in [0, 0.1) is 0 Å². The minimum absolute atomic E-state index is 0.0651. The lowest BCUT2D eigenvalue weighted by Gasteiger charge is -2.03. The van der Waals surface area contributed by atoms with Gasteiger partial charge in [-0.2, -0.15) is 0 Å². The average Bonchev–Trinajstić information content (AvgIpc) is 2.15. The smallest absolute Gasteiger partial charge is 0.119 e. The number of benzene rings is 1. The van der Waals surface area contributed by atoms with Gasteiger partial charge in [-0.1, -0.05) is 19.2 Å². The van der Waals surface area contributed by atoms with E-state index in [9.17, 15) is 0 Å². The predicted molar refractivity (Wildman–Crippen MR) is 53.8 cm³/mol. The average molecular weight is 176 g/mol. The molecule has 0 spiro atoms. The van der Waals surface area contributed by atoms with Crippen molar-refractivity contribution in [3.05, 3.63) is 49.1 Å². The molecule has 0 aliphatic heterocycles. The van der Waals surface area contributed by atoms with Crippen LogP contribution in [-0.4, -0.2) is 11.7 Å². The minimum Gasteiger partial charge on any atom is -0.508 e. The molecule has 13 heavy (non-hydrogen) atoms. The maximum atomic E-state index is 9.04. The van der Waals surface area contributed by atoms with Gasteiger partial charge in [-0.25, -0.2) is 0 Å². The van der Waals surface area contributed by atoms with Crippen molar-refractivity contribution < 1.29 is 9.84 Å². The number of rotatable bonds is 4. The van der Waals surface area contributed by atoms with Crippen molar-refractivity contribution in [3.63, 3.8) is 0 Å². The topological polar surface area (TPSA) is 29.5 Å². The SMILES string of the molecule is C=CCOc1ccc(C(=C)O)cc1. The van der Waals surface area contributed by atoms with E-state index in [0.717, 1.165) is 5.75 Å². The van der Waals surface area contributed by atoms with Gasteiger partial charge < -0.3 is 9.84 Å². The van der Waals surface area contributed by atoms with E-state index in [0.29, 0.717) is 12.2 Å². The molecule has 0 unspecified atom stereocenters. The van der Waals surface area contributed by atoms with Crippen LogP contribution in [0.4, 0.5) is 0 Å². The Hall–Kier alpha value is -1.70. The monoisotopic (exact) mass is 176 g/mol. The molecule has 1 rings (SSSR count). The molecule has 0 saturated heterocycles. The Kier molecular flexibility index (Phi) is 3.15. The fourth-order valence-electron chi connectivity index (χ4n) is 0.899. The second kappa shape index (κ2) is 4.36. The van der Waals surface area contributed by atoms with E-state index in [2.05, 4.69) is 13.2 Å². The number of aliphatic hydroxyl groups excluding tert-OH is 1. The lowest BCUT2D eigenvalue weighted by molar-refractivity contribution is 0.363. The molecule has 2 nitrogen and oxygen atoms in total. The van der Waals surface area contributed by atoms with Crippen molar-refractivity contribution in [1.29, 1.82) is 0 Å². The Morgan fingerprint density at radius 2 is 2.00 bits per heavy atom. The molecule has 0 radical (unpaired) electrons. The molecule has 0 aliphatic rings. The van der Waals surface area contributed by atoms with Crippen molar-refractivity contribution in [1.82, 2.24) is 0 Å². The molecule has 0 atom stereocenters. The van der Waals surface area contributed by atoms with E-state index < -0.39 is 0 Å². The molecule has 68 valence electrons. The highest BCUT2D eigenvalue weighted by Crippen LogP contribution is 2.15. The molecule has 0 heterocycles. The van der Waals surface area contributed by atoms with Gasteiger partial charge in [-0.3, -0.25) is 0 Å². The molecule has 0 bridgehead atoms. The molecular weight excluding hydrogens is 164 g/mol. The fraction of sp³-hybridized carbons (Fsp3) is 0.0909. The van der Waals surface area contributed by atoms with E-state index in [-0.39, 0.29) is 5.76 Å². The van der Waals surface area contributed by atoms with E-state index in [1.807, 2.05) is 0 Å². The van der Waals surface area contributed by atoms with Gasteiger partial charge in [-0.15, -0.1) is 0 Å². The number of ether oxygens (including phenoxy) is 1. The first-order valence-electron chi connectivity index (χ1n) is 3.96. The predicted octanol–water partition coefficient (Wildman–Crippen LogP) is 2.78. The van der Waals surface area contributed by atoms with Gasteiger partial charge in [0.15, 0.2) is 0 Å². The Bertz CT molecular complexity index is 298. The van der Waals surface area contributed by atoms with Crippen LogP contribution < -0.4 is 4.74 Å². The molecule has 1 aromatic carbocycles. The van der Waals surface area contributed by atoms with Crippen molar-refractivity contribution in [2.75, 3.05) is 6.61 Å². The molecule has 0 saturated carbocycles. The van der Waals surface area contributed by atoms with Gasteiger partial charge in [0.1, 0.15) is 18.1 Å². The summed E-state index contributed by atoms with van der Waals surface area (Å²) in [5.41, 5.74) is 0.700. The lowest BCUT2D eigenvalue weighted by Crippen LogP contribution is -1.92. The first-order valence-corrected chi connectivity index (χ1v) is 3.96. The number of aliphatic hydroxyl groups is 1. The van der Waals surface area contributed by atoms with Crippen LogP contribution in [0.1, 0.15) is 5.56 Å². The molecule has 1 aromatic rings. The zero-order valence-corrected chi connectivity index (χ0v) is 7.36. The third kappa shape index (κ3) is 2.67. The van der Waals surface area contributed by atoms with Gasteiger partial charge in [-0.05, 0) is 24.3 Å². The molecule has 0 aliphatic carbocycles. The van der Waals surface area contributed by atoms with Crippen molar-refractivity contribution in [2.45, 2.75) is 0 Å². The third-order valence-electron chi connectivity index (χ3n) is 1.56. The van der Waals surface area contributed by atoms with Crippen molar-refractivity contribution in [2.24, 2.45) is 0 Å². The summed E-state index contributed by atoms with van der Waals surface area (Å²) in [6.07, 6.45) is 1.68. The highest BCUT2D eigenvalue weighted by molar-refractivity contribution is 5.56. The van der Waals surface area contributed by atoms with Crippen LogP contribution in [0.25, 0.3) is 5.76 Å². The Morgan fingerprint density at radius 1 is 1.38 bits per heavy atom. The molecule has 0 fully saturated rings. The van der Waals surface area contributed by atoms with Gasteiger partial charge in [0.2, 0.25) is 0 Å². The fourth-order valence-corrected chi connectivity index (χ4v) is 0.899. The molecule has 2 heteroatoms. The summed E-state index contributed by atoms with van der Waals surface area (Å²) in [4.78, 5) is 0. The maximum Gasteiger partial charge on any atom is 0.119 e. The summed E-state index contributed by atoms with van der Waals surface area (Å²) in [6.45, 7) is 7.44. The molecule has 1 N–H and O–H groups in total. The zero-order valence-electron chi connectivity index (χ0n) is 7.36. The van der Waals surface area contributed by atoms with E-state index in [1.54, 1.807) is 30.3 Å². The Labute approximate surface area is 77.8 Å². The van der Waals surface area contributed by atoms with Gasteiger partial charge in [0.05, 0.1) is 0 Å². The summed E-state index contributed by atoms with van der Waals surface area (Å²) < 4.78 is 5.26. The number of hydrogen-bond donors (Lipinski definition) is 1. The maximum absolute atomic E-state index is 9.04. The molecule has 0 aromatic heterocycles. The summed E-state index contributed by atoms with van der Waals surface area (Å²) in [5, 5.41) is 9.04. The first-order chi connectivity index (χ1) is 6.24. The van der Waals surface area contributed by atoms with Crippen molar-refractivity contribution in [3.8, 4) is 5.75 Å². The van der Waals surface area contributed by atoms with Crippen molar-refractivity contribution >= 4 is 5.76 Å². The first kappa shape index (κ1) is 9.39. The normalized spacial score (nSPS) is 9.23. The Balaban J connectivity index is 2.69. The van der Waals surface area contributed by atoms with Gasteiger partial charge in [0.25, 0.3) is 0 Å².